The van der Waals surface area contributed by atoms with Gasteiger partial charge < -0.3 is 10.4 Å². The Kier molecular flexibility index (Phi) is 21.5. The standard InChI is InChI=1S/C27H51NO5S/c1-3-5-7-9-11-13-14-15-17-19-21-23-27(30)28-25(24-34(31,32)33)26(29)22-20-18-16-12-10-8-6-4-2/h10,12,20,22,25-26,29H,3-9,11,13-19,21,23-24H2,1-2H3,(H,28,30)(H,31,32,33)/b12-10+,22-20+. The fraction of sp³-hybridized carbons (Fsp3) is 0.815. The van der Waals surface area contributed by atoms with Crippen molar-refractivity contribution in [1.82, 2.24) is 5.32 Å². The van der Waals surface area contributed by atoms with Crippen LogP contribution in [0.1, 0.15) is 123 Å². The summed E-state index contributed by atoms with van der Waals surface area (Å²) in [6.45, 7) is 4.38. The summed E-state index contributed by atoms with van der Waals surface area (Å²) in [5.41, 5.74) is 0. The normalized spacial score (nSPS) is 14.1. The van der Waals surface area contributed by atoms with Crippen molar-refractivity contribution in [3.8, 4) is 0 Å². The zero-order valence-electron chi connectivity index (χ0n) is 21.7. The van der Waals surface area contributed by atoms with E-state index < -0.39 is 28.0 Å². The molecule has 0 aliphatic rings. The van der Waals surface area contributed by atoms with Gasteiger partial charge in [-0.1, -0.05) is 115 Å². The molecular formula is C27H51NO5S. The van der Waals surface area contributed by atoms with Crippen molar-refractivity contribution in [3.05, 3.63) is 24.3 Å². The smallest absolute Gasteiger partial charge is 0.267 e. The third-order valence-electron chi connectivity index (χ3n) is 5.88. The largest absolute Gasteiger partial charge is 0.387 e. The number of unbranched alkanes of at least 4 members (excludes halogenated alkanes) is 13. The molecular weight excluding hydrogens is 450 g/mol. The Morgan fingerprint density at radius 1 is 0.765 bits per heavy atom. The topological polar surface area (TPSA) is 104 Å². The number of hydrogen-bond donors (Lipinski definition) is 3. The second-order valence-corrected chi connectivity index (χ2v) is 10.8. The lowest BCUT2D eigenvalue weighted by Crippen LogP contribution is -2.46. The van der Waals surface area contributed by atoms with E-state index in [1.807, 2.05) is 0 Å². The highest BCUT2D eigenvalue weighted by Crippen LogP contribution is 2.12. The molecule has 3 N–H and O–H groups in total. The zero-order chi connectivity index (χ0) is 25.5. The van der Waals surface area contributed by atoms with Crippen molar-refractivity contribution in [1.29, 1.82) is 0 Å². The van der Waals surface area contributed by atoms with Crippen LogP contribution in [0.3, 0.4) is 0 Å². The van der Waals surface area contributed by atoms with Gasteiger partial charge in [0.25, 0.3) is 10.1 Å². The lowest BCUT2D eigenvalue weighted by Gasteiger charge is -2.21. The third kappa shape index (κ3) is 22.6. The molecule has 0 aromatic heterocycles. The van der Waals surface area contributed by atoms with Crippen LogP contribution in [0.4, 0.5) is 0 Å². The molecule has 200 valence electrons. The Hall–Kier alpha value is -1.18. The zero-order valence-corrected chi connectivity index (χ0v) is 22.5. The predicted molar refractivity (Wildman–Crippen MR) is 142 cm³/mol. The number of allylic oxidation sites excluding steroid dienone is 3. The minimum absolute atomic E-state index is 0.290. The SMILES string of the molecule is CCCC/C=C/CC/C=C/C(O)C(CS(=O)(=O)O)NC(=O)CCCCCCCCCCCCC. The van der Waals surface area contributed by atoms with Crippen molar-refractivity contribution < 1.29 is 22.9 Å². The van der Waals surface area contributed by atoms with Gasteiger partial charge >= 0.3 is 0 Å². The Balaban J connectivity index is 4.19. The van der Waals surface area contributed by atoms with Gasteiger partial charge in [-0.15, -0.1) is 0 Å². The van der Waals surface area contributed by atoms with Gasteiger partial charge in [0.1, 0.15) is 0 Å². The molecule has 0 saturated heterocycles. The molecule has 0 heterocycles. The number of carbonyl (C=O) groups is 1. The predicted octanol–water partition coefficient (Wildman–Crippen LogP) is 6.50. The molecule has 0 radical (unpaired) electrons. The molecule has 0 rings (SSSR count). The van der Waals surface area contributed by atoms with Gasteiger partial charge in [0, 0.05) is 6.42 Å². The van der Waals surface area contributed by atoms with E-state index in [4.69, 9.17) is 0 Å². The maximum atomic E-state index is 12.3. The fourth-order valence-corrected chi connectivity index (χ4v) is 4.54. The lowest BCUT2D eigenvalue weighted by molar-refractivity contribution is -0.122. The maximum absolute atomic E-state index is 12.3. The van der Waals surface area contributed by atoms with Crippen molar-refractivity contribution in [2.75, 3.05) is 5.75 Å². The van der Waals surface area contributed by atoms with Crippen molar-refractivity contribution in [2.45, 2.75) is 135 Å². The average molecular weight is 502 g/mol. The van der Waals surface area contributed by atoms with E-state index in [0.29, 0.717) is 6.42 Å². The first-order valence-electron chi connectivity index (χ1n) is 13.5. The fourth-order valence-electron chi connectivity index (χ4n) is 3.80. The highest BCUT2D eigenvalue weighted by molar-refractivity contribution is 7.85. The van der Waals surface area contributed by atoms with Crippen LogP contribution in [0.5, 0.6) is 0 Å². The van der Waals surface area contributed by atoms with E-state index in [2.05, 4.69) is 31.3 Å². The molecule has 2 unspecified atom stereocenters. The first-order chi connectivity index (χ1) is 16.3. The molecule has 2 atom stereocenters. The second kappa shape index (κ2) is 22.3. The summed E-state index contributed by atoms with van der Waals surface area (Å²) in [5, 5.41) is 12.9. The Morgan fingerprint density at radius 2 is 1.26 bits per heavy atom. The van der Waals surface area contributed by atoms with Crippen molar-refractivity contribution >= 4 is 16.0 Å². The van der Waals surface area contributed by atoms with E-state index in [1.165, 1.54) is 63.9 Å². The van der Waals surface area contributed by atoms with Gasteiger partial charge in [0.05, 0.1) is 17.9 Å². The second-order valence-electron chi connectivity index (χ2n) is 9.32. The quantitative estimate of drug-likeness (QED) is 0.0842. The summed E-state index contributed by atoms with van der Waals surface area (Å²) in [5.74, 6) is -1.00. The van der Waals surface area contributed by atoms with Crippen LogP contribution in [0.25, 0.3) is 0 Å². The number of nitrogens with one attached hydrogen (secondary N) is 1. The van der Waals surface area contributed by atoms with E-state index in [0.717, 1.165) is 38.5 Å². The van der Waals surface area contributed by atoms with Gasteiger partial charge in [-0.3, -0.25) is 9.35 Å². The Bertz CT molecular complexity index is 645. The lowest BCUT2D eigenvalue weighted by atomic mass is 10.0. The van der Waals surface area contributed by atoms with E-state index >= 15 is 0 Å². The van der Waals surface area contributed by atoms with E-state index in [-0.39, 0.29) is 12.3 Å². The summed E-state index contributed by atoms with van der Waals surface area (Å²) in [7, 11) is -4.33. The summed E-state index contributed by atoms with van der Waals surface area (Å²) in [4.78, 5) is 12.3. The van der Waals surface area contributed by atoms with E-state index in [1.54, 1.807) is 6.08 Å². The number of amides is 1. The first kappa shape index (κ1) is 32.8. The average Bonchev–Trinajstić information content (AvgIpc) is 2.77. The van der Waals surface area contributed by atoms with Crippen molar-refractivity contribution in [3.63, 3.8) is 0 Å². The molecule has 0 aromatic rings. The molecule has 0 spiro atoms. The molecule has 0 aliphatic heterocycles. The summed E-state index contributed by atoms with van der Waals surface area (Å²) >= 11 is 0. The summed E-state index contributed by atoms with van der Waals surface area (Å²) in [6.07, 6.45) is 24.6. The van der Waals surface area contributed by atoms with Crippen LogP contribution in [-0.2, 0) is 14.9 Å². The van der Waals surface area contributed by atoms with Crippen molar-refractivity contribution in [2.24, 2.45) is 0 Å². The highest BCUT2D eigenvalue weighted by Gasteiger charge is 2.24. The molecule has 1 amide bonds. The molecule has 7 heteroatoms. The molecule has 0 aromatic carbocycles. The van der Waals surface area contributed by atoms with Gasteiger partial charge in [-0.25, -0.2) is 0 Å². The Morgan fingerprint density at radius 3 is 1.82 bits per heavy atom. The van der Waals surface area contributed by atoms with Gasteiger partial charge in [-0.05, 0) is 25.7 Å². The highest BCUT2D eigenvalue weighted by atomic mass is 32.2. The minimum Gasteiger partial charge on any atom is -0.387 e. The first-order valence-corrected chi connectivity index (χ1v) is 15.1. The van der Waals surface area contributed by atoms with Crippen LogP contribution in [-0.4, -0.2) is 41.9 Å². The number of hydrogen-bond acceptors (Lipinski definition) is 4. The number of aliphatic hydroxyl groups is 1. The summed E-state index contributed by atoms with van der Waals surface area (Å²) in [6, 6.07) is -1.06. The maximum Gasteiger partial charge on any atom is 0.267 e. The van der Waals surface area contributed by atoms with Crippen LogP contribution < -0.4 is 5.32 Å². The van der Waals surface area contributed by atoms with Crippen LogP contribution in [0.15, 0.2) is 24.3 Å². The third-order valence-corrected chi connectivity index (χ3v) is 6.66. The molecule has 34 heavy (non-hydrogen) atoms. The van der Waals surface area contributed by atoms with Gasteiger partial charge in [-0.2, -0.15) is 8.42 Å². The van der Waals surface area contributed by atoms with Crippen LogP contribution in [0.2, 0.25) is 0 Å². The number of rotatable bonds is 23. The van der Waals surface area contributed by atoms with Gasteiger partial charge in [0.2, 0.25) is 5.91 Å². The number of carbonyl (C=O) groups excluding carboxylic acids is 1. The van der Waals surface area contributed by atoms with Crippen LogP contribution >= 0.6 is 0 Å². The molecule has 6 nitrogen and oxygen atoms in total. The monoisotopic (exact) mass is 501 g/mol. The number of aliphatic hydroxyl groups excluding tert-OH is 1. The molecule has 0 bridgehead atoms. The summed E-state index contributed by atoms with van der Waals surface area (Å²) < 4.78 is 31.9. The Labute approximate surface area is 209 Å². The van der Waals surface area contributed by atoms with Crippen LogP contribution in [0, 0.1) is 0 Å². The minimum atomic E-state index is -4.33. The van der Waals surface area contributed by atoms with E-state index in [9.17, 15) is 22.9 Å². The molecule has 0 aliphatic carbocycles. The molecule has 0 fully saturated rings. The molecule has 0 saturated carbocycles. The van der Waals surface area contributed by atoms with Gasteiger partial charge in [0.15, 0.2) is 0 Å².